The van der Waals surface area contributed by atoms with E-state index in [1.54, 1.807) is 25.1 Å². The molecule has 0 bridgehead atoms. The number of anilines is 1. The van der Waals surface area contributed by atoms with Crippen LogP contribution < -0.4 is 5.32 Å². The first kappa shape index (κ1) is 16.8. The summed E-state index contributed by atoms with van der Waals surface area (Å²) in [5.74, 6) is -0.0672. The van der Waals surface area contributed by atoms with Gasteiger partial charge in [0.05, 0.1) is 6.20 Å². The first-order chi connectivity index (χ1) is 12.0. The normalized spacial score (nSPS) is 10.7. The second kappa shape index (κ2) is 7.25. The van der Waals surface area contributed by atoms with Crippen molar-refractivity contribution in [2.24, 2.45) is 0 Å². The van der Waals surface area contributed by atoms with E-state index in [1.165, 1.54) is 30.5 Å². The Balaban J connectivity index is 1.59. The van der Waals surface area contributed by atoms with Crippen LogP contribution in [0, 0.1) is 18.6 Å². The van der Waals surface area contributed by atoms with E-state index >= 15 is 0 Å². The molecule has 0 saturated heterocycles. The van der Waals surface area contributed by atoms with Gasteiger partial charge in [0.1, 0.15) is 11.6 Å². The van der Waals surface area contributed by atoms with E-state index in [1.807, 2.05) is 0 Å². The van der Waals surface area contributed by atoms with Gasteiger partial charge in [-0.15, -0.1) is 0 Å². The van der Waals surface area contributed by atoms with Gasteiger partial charge in [-0.1, -0.05) is 6.07 Å². The Morgan fingerprint density at radius 1 is 1.12 bits per heavy atom. The van der Waals surface area contributed by atoms with Crippen LogP contribution in [0.25, 0.3) is 11.3 Å². The number of hydrogen-bond acceptors (Lipinski definition) is 3. The molecule has 4 nitrogen and oxygen atoms in total. The molecular formula is C19H16F2N2O2. The van der Waals surface area contributed by atoms with Gasteiger partial charge >= 0.3 is 0 Å². The molecule has 3 aromatic rings. The molecule has 128 valence electrons. The highest BCUT2D eigenvalue weighted by Crippen LogP contribution is 2.21. The lowest BCUT2D eigenvalue weighted by Gasteiger charge is -2.07. The summed E-state index contributed by atoms with van der Waals surface area (Å²) in [5.41, 5.74) is 1.94. The summed E-state index contributed by atoms with van der Waals surface area (Å²) in [6, 6.07) is 10.1. The van der Waals surface area contributed by atoms with Crippen LogP contribution in [0.4, 0.5) is 14.5 Å². The summed E-state index contributed by atoms with van der Waals surface area (Å²) in [6.07, 6.45) is 2.00. The van der Waals surface area contributed by atoms with Crippen molar-refractivity contribution in [3.63, 3.8) is 0 Å². The Hall–Kier alpha value is -3.02. The molecule has 0 aliphatic carbocycles. The van der Waals surface area contributed by atoms with Gasteiger partial charge in [0.15, 0.2) is 11.7 Å². The van der Waals surface area contributed by atoms with Crippen molar-refractivity contribution in [2.45, 2.75) is 19.8 Å². The summed E-state index contributed by atoms with van der Waals surface area (Å²) < 4.78 is 31.8. The summed E-state index contributed by atoms with van der Waals surface area (Å²) in [6.45, 7) is 1.79. The van der Waals surface area contributed by atoms with E-state index in [4.69, 9.17) is 4.42 Å². The maximum absolute atomic E-state index is 13.2. The fraction of sp³-hybridized carbons (Fsp3) is 0.158. The summed E-state index contributed by atoms with van der Waals surface area (Å²) in [5, 5.41) is 2.68. The van der Waals surface area contributed by atoms with Crippen molar-refractivity contribution < 1.29 is 18.0 Å². The summed E-state index contributed by atoms with van der Waals surface area (Å²) in [4.78, 5) is 16.1. The fourth-order valence-electron chi connectivity index (χ4n) is 2.34. The SMILES string of the molecule is Cc1ccc(F)cc1NC(=O)CCc1ncc(-c2ccc(F)cc2)o1. The minimum absolute atomic E-state index is 0.152. The number of hydrogen-bond donors (Lipinski definition) is 1. The highest BCUT2D eigenvalue weighted by Gasteiger charge is 2.10. The van der Waals surface area contributed by atoms with Crippen LogP contribution in [0.15, 0.2) is 53.1 Å². The summed E-state index contributed by atoms with van der Waals surface area (Å²) >= 11 is 0. The van der Waals surface area contributed by atoms with Gasteiger partial charge < -0.3 is 9.73 Å². The molecule has 1 amide bonds. The molecule has 25 heavy (non-hydrogen) atoms. The first-order valence-electron chi connectivity index (χ1n) is 7.78. The highest BCUT2D eigenvalue weighted by atomic mass is 19.1. The topological polar surface area (TPSA) is 55.1 Å². The van der Waals surface area contributed by atoms with Crippen LogP contribution in [0.1, 0.15) is 17.9 Å². The van der Waals surface area contributed by atoms with Gasteiger partial charge in [-0.25, -0.2) is 13.8 Å². The molecule has 1 heterocycles. The Morgan fingerprint density at radius 3 is 2.60 bits per heavy atom. The van der Waals surface area contributed by atoms with Crippen molar-refractivity contribution in [1.82, 2.24) is 4.98 Å². The first-order valence-corrected chi connectivity index (χ1v) is 7.78. The molecule has 0 saturated carbocycles. The Kier molecular flexibility index (Phi) is 4.88. The molecule has 0 atom stereocenters. The number of oxazole rings is 1. The zero-order chi connectivity index (χ0) is 17.8. The number of nitrogens with one attached hydrogen (secondary N) is 1. The zero-order valence-electron chi connectivity index (χ0n) is 13.6. The molecular weight excluding hydrogens is 326 g/mol. The number of carbonyl (C=O) groups excluding carboxylic acids is 1. The predicted molar refractivity (Wildman–Crippen MR) is 90.0 cm³/mol. The van der Waals surface area contributed by atoms with Crippen LogP contribution in [-0.4, -0.2) is 10.9 Å². The summed E-state index contributed by atoms with van der Waals surface area (Å²) in [7, 11) is 0. The lowest BCUT2D eigenvalue weighted by atomic mass is 10.2. The Morgan fingerprint density at radius 2 is 1.84 bits per heavy atom. The molecule has 1 aromatic heterocycles. The fourth-order valence-corrected chi connectivity index (χ4v) is 2.34. The van der Waals surface area contributed by atoms with Gasteiger partial charge in [0.2, 0.25) is 5.91 Å². The van der Waals surface area contributed by atoms with Gasteiger partial charge in [-0.05, 0) is 48.9 Å². The molecule has 0 spiro atoms. The van der Waals surface area contributed by atoms with Gasteiger partial charge in [0, 0.05) is 24.1 Å². The molecule has 3 rings (SSSR count). The number of carbonyl (C=O) groups is 1. The third-order valence-electron chi connectivity index (χ3n) is 3.72. The number of nitrogens with zero attached hydrogens (tertiary/aromatic N) is 1. The lowest BCUT2D eigenvalue weighted by Crippen LogP contribution is -2.13. The maximum atomic E-state index is 13.2. The zero-order valence-corrected chi connectivity index (χ0v) is 13.6. The molecule has 0 aliphatic rings. The average Bonchev–Trinajstić information content (AvgIpc) is 3.06. The van der Waals surface area contributed by atoms with Crippen molar-refractivity contribution in [3.8, 4) is 11.3 Å². The monoisotopic (exact) mass is 342 g/mol. The molecule has 1 N–H and O–H groups in total. The van der Waals surface area contributed by atoms with Gasteiger partial charge in [0.25, 0.3) is 0 Å². The standard InChI is InChI=1S/C19H16F2N2O2/c1-12-2-5-15(21)10-16(12)23-18(24)8-9-19-22-11-17(25-19)13-3-6-14(20)7-4-13/h2-7,10-11H,8-9H2,1H3,(H,23,24). The van der Waals surface area contributed by atoms with Crippen LogP contribution in [0.2, 0.25) is 0 Å². The van der Waals surface area contributed by atoms with Gasteiger partial charge in [-0.3, -0.25) is 4.79 Å². The molecule has 2 aromatic carbocycles. The number of aromatic nitrogens is 1. The number of halogens is 2. The van der Waals surface area contributed by atoms with Crippen molar-refractivity contribution >= 4 is 11.6 Å². The third kappa shape index (κ3) is 4.29. The number of amides is 1. The molecule has 0 unspecified atom stereocenters. The smallest absolute Gasteiger partial charge is 0.224 e. The molecule has 0 aliphatic heterocycles. The highest BCUT2D eigenvalue weighted by molar-refractivity contribution is 5.91. The van der Waals surface area contributed by atoms with Crippen LogP contribution in [0.5, 0.6) is 0 Å². The molecule has 0 radical (unpaired) electrons. The van der Waals surface area contributed by atoms with Crippen LogP contribution in [-0.2, 0) is 11.2 Å². The minimum atomic E-state index is -0.405. The molecule has 0 fully saturated rings. The van der Waals surface area contributed by atoms with E-state index in [-0.39, 0.29) is 18.1 Å². The van der Waals surface area contributed by atoms with Crippen molar-refractivity contribution in [2.75, 3.05) is 5.32 Å². The van der Waals surface area contributed by atoms with Crippen LogP contribution >= 0.6 is 0 Å². The second-order valence-corrected chi connectivity index (χ2v) is 5.63. The minimum Gasteiger partial charge on any atom is -0.441 e. The quantitative estimate of drug-likeness (QED) is 0.743. The van der Waals surface area contributed by atoms with Crippen LogP contribution in [0.3, 0.4) is 0 Å². The third-order valence-corrected chi connectivity index (χ3v) is 3.72. The Labute approximate surface area is 143 Å². The van der Waals surface area contributed by atoms with E-state index in [0.717, 1.165) is 5.56 Å². The van der Waals surface area contributed by atoms with Gasteiger partial charge in [-0.2, -0.15) is 0 Å². The van der Waals surface area contributed by atoms with E-state index in [0.29, 0.717) is 29.3 Å². The Bertz CT molecular complexity index is 889. The van der Waals surface area contributed by atoms with E-state index in [2.05, 4.69) is 10.3 Å². The lowest BCUT2D eigenvalue weighted by molar-refractivity contribution is -0.116. The number of rotatable bonds is 5. The van der Waals surface area contributed by atoms with E-state index in [9.17, 15) is 13.6 Å². The second-order valence-electron chi connectivity index (χ2n) is 5.63. The maximum Gasteiger partial charge on any atom is 0.224 e. The van der Waals surface area contributed by atoms with Crippen molar-refractivity contribution in [1.29, 1.82) is 0 Å². The number of benzene rings is 2. The molecule has 6 heteroatoms. The van der Waals surface area contributed by atoms with E-state index < -0.39 is 5.82 Å². The average molecular weight is 342 g/mol. The van der Waals surface area contributed by atoms with Crippen molar-refractivity contribution in [3.05, 3.63) is 71.8 Å². The largest absolute Gasteiger partial charge is 0.441 e. The number of aryl methyl sites for hydroxylation is 2. The predicted octanol–water partition coefficient (Wildman–Crippen LogP) is 4.50.